The van der Waals surface area contributed by atoms with Crippen LogP contribution in [0.5, 0.6) is 0 Å². The summed E-state index contributed by atoms with van der Waals surface area (Å²) in [7, 11) is 0. The molecule has 2 aromatic rings. The van der Waals surface area contributed by atoms with E-state index in [9.17, 15) is 9.90 Å². The Morgan fingerprint density at radius 3 is 2.78 bits per heavy atom. The van der Waals surface area contributed by atoms with Crippen molar-refractivity contribution in [2.24, 2.45) is 17.8 Å². The van der Waals surface area contributed by atoms with Gasteiger partial charge in [0.1, 0.15) is 5.65 Å². The highest BCUT2D eigenvalue weighted by molar-refractivity contribution is 5.99. The third-order valence-corrected chi connectivity index (χ3v) is 6.29. The van der Waals surface area contributed by atoms with E-state index in [1.165, 1.54) is 12.8 Å². The van der Waals surface area contributed by atoms with Crippen LogP contribution in [-0.4, -0.2) is 33.0 Å². The fourth-order valence-corrected chi connectivity index (χ4v) is 5.66. The highest BCUT2D eigenvalue weighted by Crippen LogP contribution is 2.56. The zero-order valence-electron chi connectivity index (χ0n) is 13.0. The van der Waals surface area contributed by atoms with Crippen LogP contribution < -0.4 is 5.32 Å². The van der Waals surface area contributed by atoms with Gasteiger partial charge in [0.15, 0.2) is 6.29 Å². The molecule has 4 aliphatic rings. The van der Waals surface area contributed by atoms with Crippen LogP contribution in [-0.2, 0) is 0 Å². The van der Waals surface area contributed by atoms with Crippen molar-refractivity contribution in [3.8, 4) is 0 Å². The summed E-state index contributed by atoms with van der Waals surface area (Å²) in [5, 5.41) is 15.4. The van der Waals surface area contributed by atoms with Gasteiger partial charge in [0, 0.05) is 23.8 Å². The van der Waals surface area contributed by atoms with E-state index < -0.39 is 5.60 Å². The Balaban J connectivity index is 1.53. The van der Waals surface area contributed by atoms with Crippen molar-refractivity contribution in [2.75, 3.05) is 5.32 Å². The Kier molecular flexibility index (Phi) is 2.69. The van der Waals surface area contributed by atoms with Crippen LogP contribution in [0.2, 0.25) is 0 Å². The lowest BCUT2D eigenvalue weighted by Crippen LogP contribution is -2.59. The first-order valence-electron chi connectivity index (χ1n) is 8.55. The Bertz CT molecular complexity index is 768. The number of H-pyrrole nitrogens is 1. The zero-order chi connectivity index (χ0) is 15.6. The van der Waals surface area contributed by atoms with E-state index >= 15 is 0 Å². The predicted octanol–water partition coefficient (Wildman–Crippen LogP) is 2.73. The van der Waals surface area contributed by atoms with E-state index in [2.05, 4.69) is 15.3 Å². The molecule has 0 spiro atoms. The van der Waals surface area contributed by atoms with Gasteiger partial charge in [-0.1, -0.05) is 0 Å². The van der Waals surface area contributed by atoms with Crippen molar-refractivity contribution in [3.63, 3.8) is 0 Å². The van der Waals surface area contributed by atoms with Crippen LogP contribution in [0, 0.1) is 17.8 Å². The maximum Gasteiger partial charge on any atom is 0.153 e. The molecule has 0 aliphatic heterocycles. The van der Waals surface area contributed by atoms with Crippen LogP contribution in [0.25, 0.3) is 11.0 Å². The topological polar surface area (TPSA) is 78.0 Å². The Hall–Kier alpha value is -1.88. The number of nitrogens with one attached hydrogen (secondary N) is 2. The second kappa shape index (κ2) is 4.57. The molecular formula is C18H21N3O2. The summed E-state index contributed by atoms with van der Waals surface area (Å²) in [6, 6.07) is 2.33. The second-order valence-electron chi connectivity index (χ2n) is 7.81. The van der Waals surface area contributed by atoms with E-state index in [1.54, 1.807) is 6.20 Å². The van der Waals surface area contributed by atoms with Gasteiger partial charge in [-0.2, -0.15) is 0 Å². The van der Waals surface area contributed by atoms with Crippen molar-refractivity contribution in [1.82, 2.24) is 9.97 Å². The quantitative estimate of drug-likeness (QED) is 0.762. The van der Waals surface area contributed by atoms with Crippen molar-refractivity contribution >= 4 is 23.0 Å². The van der Waals surface area contributed by atoms with E-state index in [4.69, 9.17) is 0 Å². The van der Waals surface area contributed by atoms with Gasteiger partial charge >= 0.3 is 0 Å². The molecule has 4 bridgehead atoms. The minimum Gasteiger partial charge on any atom is -0.390 e. The fraction of sp³-hybridized carbons (Fsp3) is 0.556. The molecule has 4 aliphatic carbocycles. The van der Waals surface area contributed by atoms with Gasteiger partial charge in [-0.3, -0.25) is 4.79 Å². The monoisotopic (exact) mass is 311 g/mol. The standard InChI is InChI=1S/C18H21N3O2/c22-9-13-8-20-17-14(1-2-19-17)16(13)21-15-11-3-10-4-12(15)7-18(23,5-10)6-11/h1-2,8-12,15,23H,3-7H2,(H2,19,20,21). The lowest BCUT2D eigenvalue weighted by atomic mass is 9.52. The largest absolute Gasteiger partial charge is 0.390 e. The average molecular weight is 311 g/mol. The van der Waals surface area contributed by atoms with Gasteiger partial charge in [0.25, 0.3) is 0 Å². The number of aromatic amines is 1. The van der Waals surface area contributed by atoms with Crippen LogP contribution >= 0.6 is 0 Å². The van der Waals surface area contributed by atoms with Gasteiger partial charge in [0.2, 0.25) is 0 Å². The minimum absolute atomic E-state index is 0.353. The van der Waals surface area contributed by atoms with Crippen LogP contribution in [0.4, 0.5) is 5.69 Å². The van der Waals surface area contributed by atoms with Crippen LogP contribution in [0.3, 0.4) is 0 Å². The second-order valence-corrected chi connectivity index (χ2v) is 7.81. The molecular weight excluding hydrogens is 290 g/mol. The first kappa shape index (κ1) is 13.5. The highest BCUT2D eigenvalue weighted by atomic mass is 16.3. The lowest BCUT2D eigenvalue weighted by Gasteiger charge is -2.58. The number of pyridine rings is 1. The number of hydrogen-bond acceptors (Lipinski definition) is 4. The molecule has 5 nitrogen and oxygen atoms in total. The molecule has 2 unspecified atom stereocenters. The number of hydrogen-bond donors (Lipinski definition) is 3. The first-order chi connectivity index (χ1) is 11.1. The van der Waals surface area contributed by atoms with Crippen molar-refractivity contribution < 1.29 is 9.90 Å². The van der Waals surface area contributed by atoms with Crippen LogP contribution in [0.15, 0.2) is 18.5 Å². The zero-order valence-corrected chi connectivity index (χ0v) is 13.0. The number of aliphatic hydroxyl groups is 1. The van der Waals surface area contributed by atoms with Gasteiger partial charge in [-0.25, -0.2) is 4.98 Å². The number of fused-ring (bicyclic) bond motifs is 1. The number of rotatable bonds is 3. The first-order valence-corrected chi connectivity index (χ1v) is 8.55. The van der Waals surface area contributed by atoms with E-state index in [1.807, 2.05) is 12.3 Å². The summed E-state index contributed by atoms with van der Waals surface area (Å²) in [6.07, 6.45) is 9.57. The Morgan fingerprint density at radius 2 is 2.09 bits per heavy atom. The molecule has 6 rings (SSSR count). The number of carbonyl (C=O) groups excluding carboxylic acids is 1. The maximum atomic E-state index is 11.5. The summed E-state index contributed by atoms with van der Waals surface area (Å²) >= 11 is 0. The van der Waals surface area contributed by atoms with E-state index in [-0.39, 0.29) is 0 Å². The summed E-state index contributed by atoms with van der Waals surface area (Å²) < 4.78 is 0. The molecule has 0 radical (unpaired) electrons. The molecule has 2 atom stereocenters. The molecule has 0 amide bonds. The fourth-order valence-electron chi connectivity index (χ4n) is 5.66. The van der Waals surface area contributed by atoms with Gasteiger partial charge in [0.05, 0.1) is 16.9 Å². The molecule has 23 heavy (non-hydrogen) atoms. The number of carbonyl (C=O) groups is 1. The van der Waals surface area contributed by atoms with Crippen molar-refractivity contribution in [1.29, 1.82) is 0 Å². The maximum absolute atomic E-state index is 11.5. The Morgan fingerprint density at radius 1 is 1.30 bits per heavy atom. The minimum atomic E-state index is -0.427. The highest BCUT2D eigenvalue weighted by Gasteiger charge is 2.54. The van der Waals surface area contributed by atoms with Gasteiger partial charge < -0.3 is 15.4 Å². The molecule has 4 saturated carbocycles. The molecule has 5 heteroatoms. The predicted molar refractivity (Wildman–Crippen MR) is 87.4 cm³/mol. The van der Waals surface area contributed by atoms with Gasteiger partial charge in [-0.05, 0) is 55.9 Å². The molecule has 0 aromatic carbocycles. The summed E-state index contributed by atoms with van der Waals surface area (Å²) in [5.74, 6) is 1.70. The number of nitrogens with zero attached hydrogens (tertiary/aromatic N) is 1. The summed E-state index contributed by atoms with van der Waals surface area (Å²) in [5.41, 5.74) is 1.89. The molecule has 120 valence electrons. The molecule has 4 fully saturated rings. The average Bonchev–Trinajstić information content (AvgIpc) is 2.98. The molecule has 0 saturated heterocycles. The number of anilines is 1. The van der Waals surface area contributed by atoms with E-state index in [0.717, 1.165) is 42.3 Å². The summed E-state index contributed by atoms with van der Waals surface area (Å²) in [6.45, 7) is 0. The Labute approximate surface area is 134 Å². The molecule has 2 heterocycles. The van der Waals surface area contributed by atoms with Crippen LogP contribution in [0.1, 0.15) is 42.5 Å². The number of aromatic nitrogens is 2. The number of aldehydes is 1. The summed E-state index contributed by atoms with van der Waals surface area (Å²) in [4.78, 5) is 18.9. The van der Waals surface area contributed by atoms with E-state index in [0.29, 0.717) is 29.4 Å². The van der Waals surface area contributed by atoms with Gasteiger partial charge in [-0.15, -0.1) is 0 Å². The van der Waals surface area contributed by atoms with Crippen molar-refractivity contribution in [2.45, 2.75) is 43.7 Å². The SMILES string of the molecule is O=Cc1cnc2[nH]ccc2c1NC1C2CC3CC1CC(O)(C3)C2. The molecule has 2 aromatic heterocycles. The third kappa shape index (κ3) is 1.96. The normalized spacial score (nSPS) is 38.1. The lowest BCUT2D eigenvalue weighted by molar-refractivity contribution is -0.129. The van der Waals surface area contributed by atoms with Crippen molar-refractivity contribution in [3.05, 3.63) is 24.0 Å². The molecule has 3 N–H and O–H groups in total. The third-order valence-electron chi connectivity index (χ3n) is 6.29. The smallest absolute Gasteiger partial charge is 0.153 e.